The van der Waals surface area contributed by atoms with Crippen molar-refractivity contribution in [1.82, 2.24) is 5.32 Å². The summed E-state index contributed by atoms with van der Waals surface area (Å²) in [5.41, 5.74) is 2.12. The molecule has 0 saturated heterocycles. The van der Waals surface area contributed by atoms with Crippen LogP contribution < -0.4 is 15.4 Å². The summed E-state index contributed by atoms with van der Waals surface area (Å²) in [5, 5.41) is 25.6. The second-order valence-corrected chi connectivity index (χ2v) is 6.72. The number of halogens is 1. The van der Waals surface area contributed by atoms with Crippen molar-refractivity contribution in [2.75, 3.05) is 25.1 Å². The summed E-state index contributed by atoms with van der Waals surface area (Å²) >= 11 is 0. The highest BCUT2D eigenvalue weighted by Crippen LogP contribution is 2.26. The summed E-state index contributed by atoms with van der Waals surface area (Å²) in [6.07, 6.45) is 0.486. The fraction of sp³-hybridized carbons (Fsp3) is 0.364. The van der Waals surface area contributed by atoms with Crippen LogP contribution in [0.25, 0.3) is 0 Å². The highest BCUT2D eigenvalue weighted by Gasteiger charge is 2.16. The van der Waals surface area contributed by atoms with Crippen molar-refractivity contribution in [3.63, 3.8) is 0 Å². The van der Waals surface area contributed by atoms with Crippen molar-refractivity contribution in [2.45, 2.75) is 32.4 Å². The van der Waals surface area contributed by atoms with Crippen LogP contribution in [0.15, 0.2) is 42.5 Å². The number of rotatable bonds is 12. The van der Waals surface area contributed by atoms with Crippen LogP contribution in [0.4, 0.5) is 5.69 Å². The van der Waals surface area contributed by atoms with Crippen molar-refractivity contribution >= 4 is 35.0 Å². The fourth-order valence-electron chi connectivity index (χ4n) is 2.89. The summed E-state index contributed by atoms with van der Waals surface area (Å²) in [6.45, 7) is 4.22. The molecule has 0 bridgehead atoms. The number of carbonyl (C=O) groups excluding carboxylic acids is 2. The molecule has 0 aliphatic carbocycles. The Hall–Kier alpha value is -2.62. The third-order valence-corrected chi connectivity index (χ3v) is 4.50. The highest BCUT2D eigenvalue weighted by molar-refractivity contribution is 8.93. The maximum Gasteiger partial charge on any atom is 0.344 e. The van der Waals surface area contributed by atoms with Crippen LogP contribution >= 0.6 is 17.0 Å². The van der Waals surface area contributed by atoms with E-state index in [0.717, 1.165) is 5.56 Å². The SMILES string of the molecule is Br.CCOC(=O)COc1ccc(CCN[C@@H](C)[C@H](O)c2ccc(O)cc2)cc1NC=O. The Balaban J connectivity index is 0.00000480. The minimum atomic E-state index is -0.712. The molecule has 2 atom stereocenters. The number of nitrogens with one attached hydrogen (secondary N) is 2. The Morgan fingerprint density at radius 1 is 1.19 bits per heavy atom. The molecular weight excluding hydrogens is 468 g/mol. The van der Waals surface area contributed by atoms with E-state index in [1.807, 2.05) is 13.0 Å². The minimum Gasteiger partial charge on any atom is -0.508 e. The lowest BCUT2D eigenvalue weighted by molar-refractivity contribution is -0.145. The molecule has 4 N–H and O–H groups in total. The number of hydrogen-bond donors (Lipinski definition) is 4. The largest absolute Gasteiger partial charge is 0.508 e. The van der Waals surface area contributed by atoms with Gasteiger partial charge < -0.3 is 30.3 Å². The van der Waals surface area contributed by atoms with Crippen molar-refractivity contribution < 1.29 is 29.3 Å². The number of aliphatic hydroxyl groups excluding tert-OH is 1. The van der Waals surface area contributed by atoms with Gasteiger partial charge in [0.2, 0.25) is 6.41 Å². The van der Waals surface area contributed by atoms with Gasteiger partial charge in [-0.3, -0.25) is 4.79 Å². The zero-order valence-corrected chi connectivity index (χ0v) is 19.3. The number of benzene rings is 2. The van der Waals surface area contributed by atoms with Crippen LogP contribution in [0.5, 0.6) is 11.5 Å². The van der Waals surface area contributed by atoms with Gasteiger partial charge in [0.1, 0.15) is 11.5 Å². The fourth-order valence-corrected chi connectivity index (χ4v) is 2.89. The van der Waals surface area contributed by atoms with Gasteiger partial charge in [-0.15, -0.1) is 17.0 Å². The molecule has 0 fully saturated rings. The zero-order valence-electron chi connectivity index (χ0n) is 17.5. The molecule has 31 heavy (non-hydrogen) atoms. The average Bonchev–Trinajstić information content (AvgIpc) is 2.73. The quantitative estimate of drug-likeness (QED) is 0.263. The van der Waals surface area contributed by atoms with E-state index in [1.165, 1.54) is 0 Å². The molecule has 0 aliphatic rings. The molecule has 2 aromatic carbocycles. The topological polar surface area (TPSA) is 117 Å². The number of carbonyl (C=O) groups is 2. The Labute approximate surface area is 192 Å². The molecule has 0 heterocycles. The molecule has 0 unspecified atom stereocenters. The summed E-state index contributed by atoms with van der Waals surface area (Å²) in [4.78, 5) is 22.4. The standard InChI is InChI=1S/C22H28N2O6.BrH/c1-3-29-21(27)13-30-20-9-4-16(12-19(20)24-14-25)10-11-23-15(2)22(28)17-5-7-18(26)8-6-17;/h4-9,12,14-15,22-23,26,28H,3,10-11,13H2,1-2H3,(H,24,25);1H/t15-,22-;/m0./s1. The maximum atomic E-state index is 11.5. The first-order valence-corrected chi connectivity index (χ1v) is 9.76. The number of ether oxygens (including phenoxy) is 2. The van der Waals surface area contributed by atoms with Gasteiger partial charge in [-0.2, -0.15) is 0 Å². The Morgan fingerprint density at radius 3 is 2.55 bits per heavy atom. The van der Waals surface area contributed by atoms with Crippen LogP contribution in [-0.2, 0) is 20.7 Å². The molecule has 170 valence electrons. The van der Waals surface area contributed by atoms with E-state index in [9.17, 15) is 19.8 Å². The van der Waals surface area contributed by atoms with E-state index in [1.54, 1.807) is 43.3 Å². The van der Waals surface area contributed by atoms with E-state index in [2.05, 4.69) is 10.6 Å². The van der Waals surface area contributed by atoms with Crippen LogP contribution in [-0.4, -0.2) is 48.4 Å². The van der Waals surface area contributed by atoms with Gasteiger partial charge in [-0.1, -0.05) is 18.2 Å². The number of esters is 1. The third-order valence-electron chi connectivity index (χ3n) is 4.50. The Kier molecular flexibility index (Phi) is 11.6. The number of anilines is 1. The molecule has 0 saturated carbocycles. The second-order valence-electron chi connectivity index (χ2n) is 6.72. The molecule has 0 aliphatic heterocycles. The predicted octanol–water partition coefficient (Wildman–Crippen LogP) is 2.73. The molecule has 2 aromatic rings. The number of aromatic hydroxyl groups is 1. The minimum absolute atomic E-state index is 0. The van der Waals surface area contributed by atoms with Crippen LogP contribution in [0.3, 0.4) is 0 Å². The van der Waals surface area contributed by atoms with Crippen LogP contribution in [0, 0.1) is 0 Å². The van der Waals surface area contributed by atoms with Crippen LogP contribution in [0.2, 0.25) is 0 Å². The number of phenolic OH excluding ortho intramolecular Hbond substituents is 1. The third kappa shape index (κ3) is 8.56. The Morgan fingerprint density at radius 2 is 1.90 bits per heavy atom. The number of hydrogen-bond acceptors (Lipinski definition) is 7. The normalized spacial score (nSPS) is 12.2. The molecule has 9 heteroatoms. The predicted molar refractivity (Wildman–Crippen MR) is 123 cm³/mol. The van der Waals surface area contributed by atoms with E-state index in [0.29, 0.717) is 36.4 Å². The number of phenols is 1. The lowest BCUT2D eigenvalue weighted by Crippen LogP contribution is -2.33. The average molecular weight is 497 g/mol. The molecule has 0 aromatic heterocycles. The van der Waals surface area contributed by atoms with Crippen LogP contribution in [0.1, 0.15) is 31.1 Å². The van der Waals surface area contributed by atoms with Crippen molar-refractivity contribution in [1.29, 1.82) is 0 Å². The van der Waals surface area contributed by atoms with Gasteiger partial charge in [0.05, 0.1) is 18.4 Å². The van der Waals surface area contributed by atoms with Gasteiger partial charge in [0.25, 0.3) is 0 Å². The van der Waals surface area contributed by atoms with E-state index >= 15 is 0 Å². The summed E-state index contributed by atoms with van der Waals surface area (Å²) in [6, 6.07) is 11.6. The van der Waals surface area contributed by atoms with E-state index in [-0.39, 0.29) is 42.0 Å². The summed E-state index contributed by atoms with van der Waals surface area (Å²) < 4.78 is 10.3. The highest BCUT2D eigenvalue weighted by atomic mass is 79.9. The van der Waals surface area contributed by atoms with E-state index < -0.39 is 12.1 Å². The smallest absolute Gasteiger partial charge is 0.344 e. The first-order chi connectivity index (χ1) is 14.4. The zero-order chi connectivity index (χ0) is 21.9. The number of aliphatic hydroxyl groups is 1. The van der Waals surface area contributed by atoms with Crippen molar-refractivity contribution in [3.8, 4) is 11.5 Å². The molecule has 1 amide bonds. The van der Waals surface area contributed by atoms with Gasteiger partial charge in [0.15, 0.2) is 6.61 Å². The maximum absolute atomic E-state index is 11.5. The first-order valence-electron chi connectivity index (χ1n) is 9.76. The lowest BCUT2D eigenvalue weighted by Gasteiger charge is -2.21. The summed E-state index contributed by atoms with van der Waals surface area (Å²) in [7, 11) is 0. The van der Waals surface area contributed by atoms with Gasteiger partial charge >= 0.3 is 5.97 Å². The van der Waals surface area contributed by atoms with Gasteiger partial charge in [-0.05, 0) is 62.2 Å². The van der Waals surface area contributed by atoms with E-state index in [4.69, 9.17) is 9.47 Å². The second kappa shape index (κ2) is 13.6. The molecule has 0 radical (unpaired) electrons. The van der Waals surface area contributed by atoms with Gasteiger partial charge in [-0.25, -0.2) is 4.79 Å². The monoisotopic (exact) mass is 496 g/mol. The van der Waals surface area contributed by atoms with Crippen molar-refractivity contribution in [2.24, 2.45) is 0 Å². The van der Waals surface area contributed by atoms with Crippen molar-refractivity contribution in [3.05, 3.63) is 53.6 Å². The molecular formula is C22H29BrN2O6. The first kappa shape index (κ1) is 26.4. The summed E-state index contributed by atoms with van der Waals surface area (Å²) in [5.74, 6) is 0.0490. The van der Waals surface area contributed by atoms with Gasteiger partial charge in [0, 0.05) is 6.04 Å². The molecule has 0 spiro atoms. The number of amides is 1. The Bertz CT molecular complexity index is 831. The molecule has 8 nitrogen and oxygen atoms in total. The lowest BCUT2D eigenvalue weighted by atomic mass is 10.0. The molecule has 2 rings (SSSR count).